The van der Waals surface area contributed by atoms with Crippen LogP contribution in [0.1, 0.15) is 30.1 Å². The molecule has 2 aromatic heterocycles. The van der Waals surface area contributed by atoms with Crippen LogP contribution < -0.4 is 5.32 Å². The molecule has 1 N–H and O–H groups in total. The highest BCUT2D eigenvalue weighted by atomic mass is 35.5. The smallest absolute Gasteiger partial charge is 0.135 e. The molecule has 0 aliphatic carbocycles. The van der Waals surface area contributed by atoms with Gasteiger partial charge in [0.15, 0.2) is 0 Å². The molecule has 6 heteroatoms. The zero-order chi connectivity index (χ0) is 17.2. The number of rotatable bonds is 5. The molecule has 0 saturated carbocycles. The first-order valence-corrected chi connectivity index (χ1v) is 9.25. The number of hydrogen-bond acceptors (Lipinski definition) is 3. The largest absolute Gasteiger partial charge is 0.460 e. The van der Waals surface area contributed by atoms with Crippen molar-refractivity contribution in [2.45, 2.75) is 38.9 Å². The maximum Gasteiger partial charge on any atom is 0.135 e. The van der Waals surface area contributed by atoms with E-state index in [0.717, 1.165) is 36.6 Å². The Kier molecular flexibility index (Phi) is 4.84. The molecule has 0 radical (unpaired) electrons. The van der Waals surface area contributed by atoms with Crippen molar-refractivity contribution in [2.24, 2.45) is 0 Å². The van der Waals surface area contributed by atoms with Crippen molar-refractivity contribution in [3.63, 3.8) is 0 Å². The van der Waals surface area contributed by atoms with Crippen molar-refractivity contribution in [1.82, 2.24) is 14.9 Å². The predicted molar refractivity (Wildman–Crippen MR) is 99.9 cm³/mol. The molecule has 0 unspecified atom stereocenters. The monoisotopic (exact) mass is 375 g/mol. The first kappa shape index (κ1) is 16.7. The summed E-state index contributed by atoms with van der Waals surface area (Å²) < 4.78 is 8.24. The minimum Gasteiger partial charge on any atom is -0.460 e. The molecule has 1 aliphatic rings. The molecular weight excluding hydrogens is 357 g/mol. The summed E-state index contributed by atoms with van der Waals surface area (Å²) >= 11 is 12.3. The lowest BCUT2D eigenvalue weighted by Gasteiger charge is -2.16. The highest BCUT2D eigenvalue weighted by molar-refractivity contribution is 6.43. The lowest BCUT2D eigenvalue weighted by Crippen LogP contribution is -2.18. The number of fused-ring (bicyclic) bond motifs is 1. The van der Waals surface area contributed by atoms with Crippen LogP contribution in [-0.2, 0) is 26.1 Å². The maximum absolute atomic E-state index is 6.26. The number of aryl methyl sites for hydroxylation is 1. The van der Waals surface area contributed by atoms with Crippen molar-refractivity contribution in [1.29, 1.82) is 0 Å². The van der Waals surface area contributed by atoms with Crippen LogP contribution in [0.25, 0.3) is 11.3 Å². The quantitative estimate of drug-likeness (QED) is 0.676. The van der Waals surface area contributed by atoms with Crippen molar-refractivity contribution < 1.29 is 4.42 Å². The van der Waals surface area contributed by atoms with E-state index in [-0.39, 0.29) is 0 Å². The molecule has 4 nitrogen and oxygen atoms in total. The van der Waals surface area contributed by atoms with Crippen LogP contribution in [0.3, 0.4) is 0 Å². The topological polar surface area (TPSA) is 43.0 Å². The van der Waals surface area contributed by atoms with E-state index in [2.05, 4.69) is 14.9 Å². The van der Waals surface area contributed by atoms with E-state index >= 15 is 0 Å². The van der Waals surface area contributed by atoms with E-state index in [1.165, 1.54) is 24.4 Å². The molecule has 3 aromatic rings. The zero-order valence-electron chi connectivity index (χ0n) is 13.8. The third-order valence-electron chi connectivity index (χ3n) is 4.54. The number of nitrogens with one attached hydrogen (secondary N) is 1. The lowest BCUT2D eigenvalue weighted by atomic mass is 10.1. The summed E-state index contributed by atoms with van der Waals surface area (Å²) in [6.45, 7) is 2.50. The molecule has 0 amide bonds. The molecule has 3 heterocycles. The summed E-state index contributed by atoms with van der Waals surface area (Å²) in [5.74, 6) is 2.80. The second-order valence-corrected chi connectivity index (χ2v) is 7.03. The average molecular weight is 376 g/mol. The van der Waals surface area contributed by atoms with Crippen LogP contribution >= 0.6 is 23.2 Å². The third kappa shape index (κ3) is 3.47. The van der Waals surface area contributed by atoms with Gasteiger partial charge in [0.1, 0.15) is 17.3 Å². The fraction of sp³-hybridized carbons (Fsp3) is 0.316. The Labute approximate surface area is 156 Å². The van der Waals surface area contributed by atoms with Crippen LogP contribution in [0, 0.1) is 0 Å². The number of aromatic nitrogens is 2. The average Bonchev–Trinajstić information content (AvgIpc) is 3.25. The van der Waals surface area contributed by atoms with E-state index < -0.39 is 0 Å². The first-order valence-electron chi connectivity index (χ1n) is 8.49. The standard InChI is InChI=1S/C19H19Cl2N3O/c20-16-5-3-4-15(19(16)21)17-8-7-14(25-17)12-22-10-13-11-23-18-6-1-2-9-24(13)18/h3-5,7-8,11,22H,1-2,6,9-10,12H2. The molecule has 1 aliphatic heterocycles. The molecular formula is C19H19Cl2N3O. The van der Waals surface area contributed by atoms with Gasteiger partial charge in [-0.05, 0) is 37.1 Å². The summed E-state index contributed by atoms with van der Waals surface area (Å²) in [5, 5.41) is 4.48. The molecule has 4 rings (SSSR count). The Bertz CT molecular complexity index is 885. The maximum atomic E-state index is 6.26. The number of hydrogen-bond donors (Lipinski definition) is 1. The SMILES string of the molecule is Clc1cccc(-c2ccc(CNCc3cnc4n3CCCC4)o2)c1Cl. The number of benzene rings is 1. The lowest BCUT2D eigenvalue weighted by molar-refractivity contribution is 0.475. The molecule has 0 fully saturated rings. The van der Waals surface area contributed by atoms with Gasteiger partial charge in [-0.25, -0.2) is 4.98 Å². The highest BCUT2D eigenvalue weighted by Crippen LogP contribution is 2.34. The summed E-state index contributed by atoms with van der Waals surface area (Å²) in [5.41, 5.74) is 2.05. The van der Waals surface area contributed by atoms with Crippen molar-refractivity contribution in [3.05, 3.63) is 63.9 Å². The fourth-order valence-corrected chi connectivity index (χ4v) is 3.64. The van der Waals surface area contributed by atoms with Crippen molar-refractivity contribution in [3.8, 4) is 11.3 Å². The number of furan rings is 1. The Morgan fingerprint density at radius 3 is 2.96 bits per heavy atom. The van der Waals surface area contributed by atoms with Gasteiger partial charge in [0.25, 0.3) is 0 Å². The molecule has 0 saturated heterocycles. The van der Waals surface area contributed by atoms with Gasteiger partial charge in [-0.1, -0.05) is 29.3 Å². The van der Waals surface area contributed by atoms with Gasteiger partial charge in [0.2, 0.25) is 0 Å². The van der Waals surface area contributed by atoms with E-state index in [1.54, 1.807) is 6.07 Å². The van der Waals surface area contributed by atoms with Gasteiger partial charge >= 0.3 is 0 Å². The summed E-state index contributed by atoms with van der Waals surface area (Å²) in [7, 11) is 0. The van der Waals surface area contributed by atoms with Gasteiger partial charge in [-0.2, -0.15) is 0 Å². The van der Waals surface area contributed by atoms with Crippen LogP contribution in [0.15, 0.2) is 40.9 Å². The Morgan fingerprint density at radius 1 is 1.12 bits per heavy atom. The number of imidazole rings is 1. The zero-order valence-corrected chi connectivity index (χ0v) is 15.3. The summed E-state index contributed by atoms with van der Waals surface area (Å²) in [4.78, 5) is 4.52. The van der Waals surface area contributed by atoms with Gasteiger partial charge in [0.05, 0.1) is 22.3 Å². The van der Waals surface area contributed by atoms with E-state index in [4.69, 9.17) is 27.6 Å². The normalized spacial score (nSPS) is 13.8. The van der Waals surface area contributed by atoms with Gasteiger partial charge < -0.3 is 14.3 Å². The Morgan fingerprint density at radius 2 is 2.04 bits per heavy atom. The molecule has 1 aromatic carbocycles. The van der Waals surface area contributed by atoms with Gasteiger partial charge in [-0.3, -0.25) is 0 Å². The van der Waals surface area contributed by atoms with Crippen LogP contribution in [-0.4, -0.2) is 9.55 Å². The number of nitrogens with zero attached hydrogens (tertiary/aromatic N) is 2. The molecule has 0 spiro atoms. The third-order valence-corrected chi connectivity index (χ3v) is 5.36. The van der Waals surface area contributed by atoms with Crippen LogP contribution in [0.2, 0.25) is 10.0 Å². The summed E-state index contributed by atoms with van der Waals surface area (Å²) in [6, 6.07) is 9.43. The minimum absolute atomic E-state index is 0.518. The predicted octanol–water partition coefficient (Wildman–Crippen LogP) is 5.08. The van der Waals surface area contributed by atoms with E-state index in [1.807, 2.05) is 30.5 Å². The van der Waals surface area contributed by atoms with E-state index in [0.29, 0.717) is 16.6 Å². The van der Waals surface area contributed by atoms with Crippen molar-refractivity contribution >= 4 is 23.2 Å². The first-order chi connectivity index (χ1) is 12.2. The Balaban J connectivity index is 1.40. The number of halogens is 2. The molecule has 0 bridgehead atoms. The van der Waals surface area contributed by atoms with Crippen molar-refractivity contribution in [2.75, 3.05) is 0 Å². The second kappa shape index (κ2) is 7.24. The molecule has 25 heavy (non-hydrogen) atoms. The fourth-order valence-electron chi connectivity index (χ4n) is 3.25. The van der Waals surface area contributed by atoms with Gasteiger partial charge in [0, 0.05) is 31.3 Å². The summed E-state index contributed by atoms with van der Waals surface area (Å²) in [6.07, 6.45) is 5.54. The molecule has 130 valence electrons. The Hall–Kier alpha value is -1.75. The van der Waals surface area contributed by atoms with Crippen LogP contribution in [0.5, 0.6) is 0 Å². The van der Waals surface area contributed by atoms with E-state index in [9.17, 15) is 0 Å². The minimum atomic E-state index is 0.518. The van der Waals surface area contributed by atoms with Gasteiger partial charge in [-0.15, -0.1) is 0 Å². The highest BCUT2D eigenvalue weighted by Gasteiger charge is 2.14. The molecule has 0 atom stereocenters. The van der Waals surface area contributed by atoms with Crippen LogP contribution in [0.4, 0.5) is 0 Å². The second-order valence-electron chi connectivity index (χ2n) is 6.25.